The summed E-state index contributed by atoms with van der Waals surface area (Å²) in [6.45, 7) is 4.45. The standard InChI is InChI=1S/C10H20O2/c1-7(2)8-4-5-10(12-3)9(11)6-8/h7-11H,4-6H2,1-3H3. The summed E-state index contributed by atoms with van der Waals surface area (Å²) in [5, 5.41) is 9.66. The second-order valence-corrected chi connectivity index (χ2v) is 4.16. The third-order valence-electron chi connectivity index (χ3n) is 3.04. The van der Waals surface area contributed by atoms with Gasteiger partial charge in [0.05, 0.1) is 12.2 Å². The van der Waals surface area contributed by atoms with Gasteiger partial charge in [0.1, 0.15) is 0 Å². The van der Waals surface area contributed by atoms with Gasteiger partial charge in [-0.25, -0.2) is 0 Å². The van der Waals surface area contributed by atoms with Crippen molar-refractivity contribution in [3.8, 4) is 0 Å². The molecular formula is C10H20O2. The second kappa shape index (κ2) is 4.24. The highest BCUT2D eigenvalue weighted by atomic mass is 16.5. The molecule has 0 amide bonds. The fourth-order valence-corrected chi connectivity index (χ4v) is 2.03. The molecule has 1 saturated carbocycles. The average Bonchev–Trinajstić information content (AvgIpc) is 2.04. The lowest BCUT2D eigenvalue weighted by molar-refractivity contribution is -0.0552. The van der Waals surface area contributed by atoms with Gasteiger partial charge in [0.15, 0.2) is 0 Å². The number of hydrogen-bond acceptors (Lipinski definition) is 2. The van der Waals surface area contributed by atoms with Crippen molar-refractivity contribution in [3.05, 3.63) is 0 Å². The average molecular weight is 172 g/mol. The lowest BCUT2D eigenvalue weighted by atomic mass is 9.79. The molecule has 12 heavy (non-hydrogen) atoms. The third-order valence-corrected chi connectivity index (χ3v) is 3.04. The van der Waals surface area contributed by atoms with Crippen LogP contribution in [0.15, 0.2) is 0 Å². The van der Waals surface area contributed by atoms with Crippen LogP contribution in [0.4, 0.5) is 0 Å². The minimum Gasteiger partial charge on any atom is -0.390 e. The fourth-order valence-electron chi connectivity index (χ4n) is 2.03. The van der Waals surface area contributed by atoms with Gasteiger partial charge in [-0.2, -0.15) is 0 Å². The topological polar surface area (TPSA) is 29.5 Å². The van der Waals surface area contributed by atoms with Crippen LogP contribution in [0.3, 0.4) is 0 Å². The van der Waals surface area contributed by atoms with Crippen LogP contribution in [-0.2, 0) is 4.74 Å². The zero-order chi connectivity index (χ0) is 9.14. The Balaban J connectivity index is 2.40. The number of aliphatic hydroxyl groups excluding tert-OH is 1. The minimum atomic E-state index is -0.240. The Bertz CT molecular complexity index is 134. The minimum absolute atomic E-state index is 0.0833. The summed E-state index contributed by atoms with van der Waals surface area (Å²) in [5.74, 6) is 1.38. The van der Waals surface area contributed by atoms with Crippen LogP contribution in [0.5, 0.6) is 0 Å². The Kier molecular flexibility index (Phi) is 3.53. The first kappa shape index (κ1) is 10.0. The quantitative estimate of drug-likeness (QED) is 0.688. The molecule has 0 aromatic carbocycles. The number of rotatable bonds is 2. The zero-order valence-corrected chi connectivity index (χ0v) is 8.29. The van der Waals surface area contributed by atoms with E-state index in [0.29, 0.717) is 11.8 Å². The Labute approximate surface area is 74.9 Å². The molecular weight excluding hydrogens is 152 g/mol. The number of aliphatic hydroxyl groups is 1. The third kappa shape index (κ3) is 2.20. The van der Waals surface area contributed by atoms with E-state index in [2.05, 4.69) is 13.8 Å². The Morgan fingerprint density at radius 2 is 2.00 bits per heavy atom. The molecule has 0 saturated heterocycles. The highest BCUT2D eigenvalue weighted by Gasteiger charge is 2.30. The molecule has 0 radical (unpaired) electrons. The van der Waals surface area contributed by atoms with Gasteiger partial charge in [0.25, 0.3) is 0 Å². The van der Waals surface area contributed by atoms with Crippen LogP contribution in [0.1, 0.15) is 33.1 Å². The van der Waals surface area contributed by atoms with Gasteiger partial charge in [-0.3, -0.25) is 0 Å². The Hall–Kier alpha value is -0.0800. The molecule has 0 spiro atoms. The molecule has 2 nitrogen and oxygen atoms in total. The van der Waals surface area contributed by atoms with E-state index in [9.17, 15) is 5.11 Å². The second-order valence-electron chi connectivity index (χ2n) is 4.16. The summed E-state index contributed by atoms with van der Waals surface area (Å²) in [7, 11) is 1.68. The summed E-state index contributed by atoms with van der Waals surface area (Å²) < 4.78 is 5.18. The van der Waals surface area contributed by atoms with E-state index in [4.69, 9.17) is 4.74 Å². The first-order valence-corrected chi connectivity index (χ1v) is 4.86. The molecule has 0 aliphatic heterocycles. The normalized spacial score (nSPS) is 37.2. The van der Waals surface area contributed by atoms with Crippen molar-refractivity contribution in [1.82, 2.24) is 0 Å². The van der Waals surface area contributed by atoms with Crippen molar-refractivity contribution in [2.45, 2.75) is 45.3 Å². The first-order chi connectivity index (χ1) is 5.65. The maximum Gasteiger partial charge on any atom is 0.0830 e. The summed E-state index contributed by atoms with van der Waals surface area (Å²) in [6, 6.07) is 0. The van der Waals surface area contributed by atoms with Gasteiger partial charge >= 0.3 is 0 Å². The van der Waals surface area contributed by atoms with Crippen LogP contribution in [-0.4, -0.2) is 24.4 Å². The largest absolute Gasteiger partial charge is 0.390 e. The van der Waals surface area contributed by atoms with Crippen molar-refractivity contribution in [2.75, 3.05) is 7.11 Å². The SMILES string of the molecule is COC1CCC(C(C)C)CC1O. The van der Waals surface area contributed by atoms with Crippen LogP contribution >= 0.6 is 0 Å². The van der Waals surface area contributed by atoms with Crippen molar-refractivity contribution in [1.29, 1.82) is 0 Å². The van der Waals surface area contributed by atoms with Crippen molar-refractivity contribution in [3.63, 3.8) is 0 Å². The number of methoxy groups -OCH3 is 1. The monoisotopic (exact) mass is 172 g/mol. The van der Waals surface area contributed by atoms with Gasteiger partial charge in [-0.1, -0.05) is 13.8 Å². The van der Waals surface area contributed by atoms with E-state index in [1.807, 2.05) is 0 Å². The highest BCUT2D eigenvalue weighted by molar-refractivity contribution is 4.81. The maximum absolute atomic E-state index is 9.66. The smallest absolute Gasteiger partial charge is 0.0830 e. The van der Waals surface area contributed by atoms with Gasteiger partial charge < -0.3 is 9.84 Å². The molecule has 1 aliphatic rings. The van der Waals surface area contributed by atoms with Gasteiger partial charge in [0, 0.05) is 7.11 Å². The molecule has 0 aromatic rings. The lowest BCUT2D eigenvalue weighted by Gasteiger charge is -2.34. The van der Waals surface area contributed by atoms with E-state index in [1.54, 1.807) is 7.11 Å². The van der Waals surface area contributed by atoms with E-state index in [-0.39, 0.29) is 12.2 Å². The van der Waals surface area contributed by atoms with Gasteiger partial charge in [-0.05, 0) is 31.1 Å². The molecule has 1 N–H and O–H groups in total. The van der Waals surface area contributed by atoms with Crippen LogP contribution < -0.4 is 0 Å². The van der Waals surface area contributed by atoms with E-state index in [1.165, 1.54) is 6.42 Å². The summed E-state index contributed by atoms with van der Waals surface area (Å²) >= 11 is 0. The van der Waals surface area contributed by atoms with E-state index >= 15 is 0 Å². The van der Waals surface area contributed by atoms with Crippen LogP contribution in [0.25, 0.3) is 0 Å². The molecule has 1 rings (SSSR count). The zero-order valence-electron chi connectivity index (χ0n) is 8.29. The highest BCUT2D eigenvalue weighted by Crippen LogP contribution is 2.31. The van der Waals surface area contributed by atoms with Gasteiger partial charge in [-0.15, -0.1) is 0 Å². The molecule has 3 atom stereocenters. The Morgan fingerprint density at radius 3 is 2.42 bits per heavy atom. The van der Waals surface area contributed by atoms with Gasteiger partial charge in [0.2, 0.25) is 0 Å². The molecule has 1 aliphatic carbocycles. The number of hydrogen-bond donors (Lipinski definition) is 1. The fraction of sp³-hybridized carbons (Fsp3) is 1.00. The lowest BCUT2D eigenvalue weighted by Crippen LogP contribution is -2.36. The van der Waals surface area contributed by atoms with Crippen LogP contribution in [0, 0.1) is 11.8 Å². The molecule has 2 heteroatoms. The Morgan fingerprint density at radius 1 is 1.33 bits per heavy atom. The summed E-state index contributed by atoms with van der Waals surface area (Å²) in [6.07, 6.45) is 2.97. The van der Waals surface area contributed by atoms with E-state index in [0.717, 1.165) is 12.8 Å². The first-order valence-electron chi connectivity index (χ1n) is 4.86. The summed E-state index contributed by atoms with van der Waals surface area (Å²) in [4.78, 5) is 0. The van der Waals surface area contributed by atoms with E-state index < -0.39 is 0 Å². The molecule has 72 valence electrons. The molecule has 0 aromatic heterocycles. The molecule has 3 unspecified atom stereocenters. The van der Waals surface area contributed by atoms with Crippen molar-refractivity contribution < 1.29 is 9.84 Å². The molecule has 0 heterocycles. The maximum atomic E-state index is 9.66. The summed E-state index contributed by atoms with van der Waals surface area (Å²) in [5.41, 5.74) is 0. The van der Waals surface area contributed by atoms with Crippen LogP contribution in [0.2, 0.25) is 0 Å². The van der Waals surface area contributed by atoms with Crippen molar-refractivity contribution in [2.24, 2.45) is 11.8 Å². The predicted octanol–water partition coefficient (Wildman–Crippen LogP) is 1.82. The predicted molar refractivity (Wildman–Crippen MR) is 49.0 cm³/mol. The number of ether oxygens (including phenoxy) is 1. The molecule has 0 bridgehead atoms. The van der Waals surface area contributed by atoms with Crippen molar-refractivity contribution >= 4 is 0 Å². The molecule has 1 fully saturated rings.